The molecule has 0 spiro atoms. The van der Waals surface area contributed by atoms with Crippen LogP contribution in [0.2, 0.25) is 0 Å². The first kappa shape index (κ1) is 17.1. The van der Waals surface area contributed by atoms with E-state index in [1.165, 1.54) is 12.1 Å². The van der Waals surface area contributed by atoms with Gasteiger partial charge in [0.2, 0.25) is 10.0 Å². The number of nitrogens with one attached hydrogen (secondary N) is 1. The molecule has 0 aliphatic carbocycles. The largest absolute Gasteiger partial charge is 0.477 e. The van der Waals surface area contributed by atoms with Gasteiger partial charge in [0.25, 0.3) is 0 Å². The van der Waals surface area contributed by atoms with Crippen LogP contribution in [0, 0.1) is 0 Å². The van der Waals surface area contributed by atoms with Crippen molar-refractivity contribution in [1.82, 2.24) is 9.62 Å². The van der Waals surface area contributed by atoms with Crippen LogP contribution in [0.4, 0.5) is 0 Å². The zero-order valence-corrected chi connectivity index (χ0v) is 13.0. The Kier molecular flexibility index (Phi) is 6.56. The van der Waals surface area contributed by atoms with E-state index in [-0.39, 0.29) is 15.6 Å². The molecule has 1 heterocycles. The predicted molar refractivity (Wildman–Crippen MR) is 75.8 cm³/mol. The van der Waals surface area contributed by atoms with E-state index >= 15 is 0 Å². The standard InChI is InChI=1S/C11H18N2O5S2/c1-13(7-8-18-2)6-5-12-20(16,17)10-4-3-9(19-10)11(14)15/h3-4,12H,5-8H2,1-2H3,(H,14,15). The van der Waals surface area contributed by atoms with Gasteiger partial charge in [-0.1, -0.05) is 0 Å². The minimum atomic E-state index is -3.64. The summed E-state index contributed by atoms with van der Waals surface area (Å²) < 4.78 is 31.2. The van der Waals surface area contributed by atoms with Crippen LogP contribution in [0.15, 0.2) is 16.3 Å². The number of hydrogen-bond donors (Lipinski definition) is 2. The Morgan fingerprint density at radius 1 is 1.45 bits per heavy atom. The smallest absolute Gasteiger partial charge is 0.345 e. The van der Waals surface area contributed by atoms with E-state index in [1.54, 1.807) is 7.11 Å². The van der Waals surface area contributed by atoms with Crippen molar-refractivity contribution in [2.75, 3.05) is 40.4 Å². The molecule has 0 atom stereocenters. The third-order valence-corrected chi connectivity index (χ3v) is 5.55. The molecule has 9 heteroatoms. The summed E-state index contributed by atoms with van der Waals surface area (Å²) >= 11 is 0.737. The number of likely N-dealkylation sites (N-methyl/N-ethyl adjacent to an activating group) is 1. The summed E-state index contributed by atoms with van der Waals surface area (Å²) in [6.07, 6.45) is 0. The third-order valence-electron chi connectivity index (χ3n) is 2.52. The van der Waals surface area contributed by atoms with Crippen LogP contribution < -0.4 is 4.72 Å². The van der Waals surface area contributed by atoms with Crippen molar-refractivity contribution in [2.45, 2.75) is 4.21 Å². The summed E-state index contributed by atoms with van der Waals surface area (Å²) in [5.41, 5.74) is 0. The molecule has 2 N–H and O–H groups in total. The number of ether oxygens (including phenoxy) is 1. The molecule has 0 saturated heterocycles. The molecule has 0 amide bonds. The average molecular weight is 322 g/mol. The van der Waals surface area contributed by atoms with Crippen LogP contribution >= 0.6 is 11.3 Å². The number of rotatable bonds is 9. The topological polar surface area (TPSA) is 95.9 Å². The van der Waals surface area contributed by atoms with Crippen molar-refractivity contribution >= 4 is 27.3 Å². The van der Waals surface area contributed by atoms with Crippen LogP contribution in [0.5, 0.6) is 0 Å². The predicted octanol–water partition coefficient (Wildman–Crippen LogP) is 0.303. The van der Waals surface area contributed by atoms with Gasteiger partial charge in [-0.05, 0) is 19.2 Å². The molecule has 0 aliphatic heterocycles. The second-order valence-electron chi connectivity index (χ2n) is 4.12. The summed E-state index contributed by atoms with van der Waals surface area (Å²) in [6.45, 7) is 2.08. The van der Waals surface area contributed by atoms with Crippen LogP contribution in [0.25, 0.3) is 0 Å². The molecule has 1 rings (SSSR count). The van der Waals surface area contributed by atoms with Crippen molar-refractivity contribution in [3.63, 3.8) is 0 Å². The number of sulfonamides is 1. The number of carboxylic acids is 1. The number of aromatic carboxylic acids is 1. The van der Waals surface area contributed by atoms with E-state index in [2.05, 4.69) is 4.72 Å². The molecule has 0 bridgehead atoms. The minimum Gasteiger partial charge on any atom is -0.477 e. The van der Waals surface area contributed by atoms with E-state index in [4.69, 9.17) is 9.84 Å². The number of nitrogens with zero attached hydrogens (tertiary/aromatic N) is 1. The molecule has 0 saturated carbocycles. The van der Waals surface area contributed by atoms with Gasteiger partial charge in [0.1, 0.15) is 9.09 Å². The molecule has 20 heavy (non-hydrogen) atoms. The molecular weight excluding hydrogens is 304 g/mol. The van der Waals surface area contributed by atoms with Gasteiger partial charge in [-0.25, -0.2) is 17.9 Å². The van der Waals surface area contributed by atoms with Crippen molar-refractivity contribution in [3.8, 4) is 0 Å². The molecule has 1 aromatic rings. The first-order valence-electron chi connectivity index (χ1n) is 5.87. The highest BCUT2D eigenvalue weighted by atomic mass is 32.2. The van der Waals surface area contributed by atoms with E-state index in [9.17, 15) is 13.2 Å². The van der Waals surface area contributed by atoms with Gasteiger partial charge in [0.15, 0.2) is 0 Å². The van der Waals surface area contributed by atoms with Crippen molar-refractivity contribution < 1.29 is 23.1 Å². The fourth-order valence-electron chi connectivity index (χ4n) is 1.38. The average Bonchev–Trinajstić information content (AvgIpc) is 2.86. The van der Waals surface area contributed by atoms with Gasteiger partial charge in [-0.2, -0.15) is 0 Å². The van der Waals surface area contributed by atoms with Gasteiger partial charge < -0.3 is 14.7 Å². The van der Waals surface area contributed by atoms with Crippen molar-refractivity contribution in [3.05, 3.63) is 17.0 Å². The lowest BCUT2D eigenvalue weighted by molar-refractivity contribution is 0.0702. The van der Waals surface area contributed by atoms with Gasteiger partial charge in [0, 0.05) is 26.7 Å². The van der Waals surface area contributed by atoms with Crippen LogP contribution in [-0.4, -0.2) is 64.8 Å². The fourth-order valence-corrected chi connectivity index (χ4v) is 3.59. The number of thiophene rings is 1. The van der Waals surface area contributed by atoms with Crippen LogP contribution in [0.3, 0.4) is 0 Å². The Morgan fingerprint density at radius 3 is 2.70 bits per heavy atom. The monoisotopic (exact) mass is 322 g/mol. The van der Waals surface area contributed by atoms with Crippen molar-refractivity contribution in [2.24, 2.45) is 0 Å². The number of carbonyl (C=O) groups is 1. The number of hydrogen-bond acceptors (Lipinski definition) is 6. The summed E-state index contributed by atoms with van der Waals surface area (Å²) in [5.74, 6) is -1.13. The highest BCUT2D eigenvalue weighted by Gasteiger charge is 2.18. The SMILES string of the molecule is COCCN(C)CCNS(=O)(=O)c1ccc(C(=O)O)s1. The summed E-state index contributed by atoms with van der Waals surface area (Å²) in [5, 5.41) is 8.77. The minimum absolute atomic E-state index is 0.00240. The normalized spacial score (nSPS) is 11.9. The Labute approximate surface area is 122 Å². The summed E-state index contributed by atoms with van der Waals surface area (Å²) in [4.78, 5) is 12.7. The first-order chi connectivity index (χ1) is 9.36. The van der Waals surface area contributed by atoms with E-state index < -0.39 is 16.0 Å². The quantitative estimate of drug-likeness (QED) is 0.679. The third kappa shape index (κ3) is 5.17. The molecule has 0 unspecified atom stereocenters. The van der Waals surface area contributed by atoms with E-state index in [0.717, 1.165) is 11.3 Å². The lowest BCUT2D eigenvalue weighted by Gasteiger charge is -2.15. The maximum absolute atomic E-state index is 11.9. The van der Waals surface area contributed by atoms with Gasteiger partial charge in [-0.3, -0.25) is 0 Å². The molecule has 7 nitrogen and oxygen atoms in total. The molecule has 0 aromatic carbocycles. The fraction of sp³-hybridized carbons (Fsp3) is 0.545. The lowest BCUT2D eigenvalue weighted by atomic mass is 10.5. The van der Waals surface area contributed by atoms with Crippen LogP contribution in [0.1, 0.15) is 9.67 Å². The Balaban J connectivity index is 2.51. The zero-order chi connectivity index (χ0) is 15.2. The summed E-state index contributed by atoms with van der Waals surface area (Å²) in [7, 11) is -0.175. The second kappa shape index (κ2) is 7.70. The molecule has 0 fully saturated rings. The van der Waals surface area contributed by atoms with Gasteiger partial charge >= 0.3 is 5.97 Å². The molecular formula is C11H18N2O5S2. The summed E-state index contributed by atoms with van der Waals surface area (Å²) in [6, 6.07) is 2.58. The molecule has 0 aliphatic rings. The highest BCUT2D eigenvalue weighted by Crippen LogP contribution is 2.21. The maximum Gasteiger partial charge on any atom is 0.345 e. The first-order valence-corrected chi connectivity index (χ1v) is 8.17. The van der Waals surface area contributed by atoms with E-state index in [1.807, 2.05) is 11.9 Å². The van der Waals surface area contributed by atoms with Crippen LogP contribution in [-0.2, 0) is 14.8 Å². The zero-order valence-electron chi connectivity index (χ0n) is 11.3. The van der Waals surface area contributed by atoms with E-state index in [0.29, 0.717) is 19.7 Å². The second-order valence-corrected chi connectivity index (χ2v) is 7.20. The Bertz CT molecular complexity index is 541. The molecule has 0 radical (unpaired) electrons. The molecule has 1 aromatic heterocycles. The lowest BCUT2D eigenvalue weighted by Crippen LogP contribution is -2.34. The highest BCUT2D eigenvalue weighted by molar-refractivity contribution is 7.91. The number of carboxylic acid groups (broad SMARTS) is 1. The molecule has 114 valence electrons. The maximum atomic E-state index is 11.9. The Morgan fingerprint density at radius 2 is 2.15 bits per heavy atom. The van der Waals surface area contributed by atoms with Gasteiger partial charge in [-0.15, -0.1) is 11.3 Å². The Hall–Kier alpha value is -1.00. The van der Waals surface area contributed by atoms with Gasteiger partial charge in [0.05, 0.1) is 6.61 Å². The number of methoxy groups -OCH3 is 1. The van der Waals surface area contributed by atoms with Crippen molar-refractivity contribution in [1.29, 1.82) is 0 Å².